The predicted molar refractivity (Wildman–Crippen MR) is 94.5 cm³/mol. The van der Waals surface area contributed by atoms with Gasteiger partial charge in [0.25, 0.3) is 5.91 Å². The van der Waals surface area contributed by atoms with E-state index >= 15 is 0 Å². The second-order valence-electron chi connectivity index (χ2n) is 7.14. The van der Waals surface area contributed by atoms with E-state index in [1.54, 1.807) is 20.8 Å². The fraction of sp³-hybridized carbons (Fsp3) is 0.529. The summed E-state index contributed by atoms with van der Waals surface area (Å²) in [7, 11) is -2.47. The molecule has 0 aliphatic heterocycles. The maximum absolute atomic E-state index is 12.5. The molecule has 26 heavy (non-hydrogen) atoms. The summed E-state index contributed by atoms with van der Waals surface area (Å²) in [5.41, 5.74) is -0.426. The summed E-state index contributed by atoms with van der Waals surface area (Å²) in [5, 5.41) is 2.67. The number of benzene rings is 1. The number of methoxy groups -OCH3 is 1. The third kappa shape index (κ3) is 5.70. The van der Waals surface area contributed by atoms with E-state index in [1.165, 1.54) is 25.3 Å². The Bertz CT molecular complexity index is 794. The second kappa shape index (κ2) is 7.63. The van der Waals surface area contributed by atoms with Crippen molar-refractivity contribution in [1.29, 1.82) is 0 Å². The fourth-order valence-electron chi connectivity index (χ4n) is 2.17. The number of hydrogen-bond acceptors (Lipinski definition) is 6. The van der Waals surface area contributed by atoms with Crippen LogP contribution in [-0.4, -0.2) is 45.6 Å². The van der Waals surface area contributed by atoms with Gasteiger partial charge in [-0.3, -0.25) is 4.79 Å². The molecule has 0 radical (unpaired) electrons. The van der Waals surface area contributed by atoms with E-state index in [0.29, 0.717) is 0 Å². The highest BCUT2D eigenvalue weighted by Gasteiger charge is 2.30. The average molecular weight is 384 g/mol. The zero-order valence-corrected chi connectivity index (χ0v) is 16.1. The zero-order valence-electron chi connectivity index (χ0n) is 15.3. The van der Waals surface area contributed by atoms with Crippen LogP contribution < -0.4 is 14.8 Å². The van der Waals surface area contributed by atoms with Crippen LogP contribution in [0, 0.1) is 0 Å². The molecule has 144 valence electrons. The Hall–Kier alpha value is -2.13. The molecule has 9 heteroatoms. The van der Waals surface area contributed by atoms with Crippen LogP contribution in [0.3, 0.4) is 0 Å². The molecule has 0 spiro atoms. The number of carbonyl (C=O) groups is 2. The van der Waals surface area contributed by atoms with Crippen molar-refractivity contribution in [2.75, 3.05) is 13.7 Å². The van der Waals surface area contributed by atoms with E-state index in [-0.39, 0.29) is 22.3 Å². The average Bonchev–Trinajstić information content (AvgIpc) is 3.33. The second-order valence-corrected chi connectivity index (χ2v) is 8.82. The smallest absolute Gasteiger partial charge is 0.338 e. The first-order chi connectivity index (χ1) is 12.0. The van der Waals surface area contributed by atoms with E-state index in [4.69, 9.17) is 9.47 Å². The zero-order chi connectivity index (χ0) is 19.5. The molecule has 0 bridgehead atoms. The summed E-state index contributed by atoms with van der Waals surface area (Å²) in [6.45, 7) is 4.96. The minimum Gasteiger partial charge on any atom is -0.495 e. The van der Waals surface area contributed by atoms with Gasteiger partial charge in [-0.25, -0.2) is 17.9 Å². The van der Waals surface area contributed by atoms with Crippen molar-refractivity contribution >= 4 is 21.9 Å². The number of carbonyl (C=O) groups excluding carboxylic acids is 2. The lowest BCUT2D eigenvalue weighted by Crippen LogP contribution is -2.42. The predicted octanol–water partition coefficient (Wildman–Crippen LogP) is 1.21. The SMILES string of the molecule is COc1ccc(C(=O)OCC(=O)NC(C)(C)C)cc1S(=O)(=O)NC1CC1. The van der Waals surface area contributed by atoms with Gasteiger partial charge in [-0.15, -0.1) is 0 Å². The highest BCUT2D eigenvalue weighted by atomic mass is 32.2. The highest BCUT2D eigenvalue weighted by Crippen LogP contribution is 2.28. The molecule has 0 aromatic heterocycles. The highest BCUT2D eigenvalue weighted by molar-refractivity contribution is 7.89. The summed E-state index contributed by atoms with van der Waals surface area (Å²) in [6, 6.07) is 3.88. The molecule has 2 N–H and O–H groups in total. The number of hydrogen-bond donors (Lipinski definition) is 2. The third-order valence-electron chi connectivity index (χ3n) is 3.44. The lowest BCUT2D eigenvalue weighted by atomic mass is 10.1. The molecule has 0 atom stereocenters. The summed E-state index contributed by atoms with van der Waals surface area (Å²) in [5.74, 6) is -1.11. The van der Waals surface area contributed by atoms with Crippen LogP contribution in [0.5, 0.6) is 5.75 Å². The van der Waals surface area contributed by atoms with E-state index in [2.05, 4.69) is 10.0 Å². The van der Waals surface area contributed by atoms with E-state index in [9.17, 15) is 18.0 Å². The molecule has 2 rings (SSSR count). The molecule has 1 aliphatic rings. The molecular formula is C17H24N2O6S. The van der Waals surface area contributed by atoms with Crippen molar-refractivity contribution in [2.45, 2.75) is 50.1 Å². The van der Waals surface area contributed by atoms with E-state index in [0.717, 1.165) is 12.8 Å². The first-order valence-electron chi connectivity index (χ1n) is 8.20. The lowest BCUT2D eigenvalue weighted by molar-refractivity contribution is -0.125. The molecule has 1 aliphatic carbocycles. The molecule has 1 aromatic rings. The maximum atomic E-state index is 12.5. The van der Waals surface area contributed by atoms with E-state index in [1.807, 2.05) is 0 Å². The van der Waals surface area contributed by atoms with Crippen molar-refractivity contribution in [2.24, 2.45) is 0 Å². The first kappa shape index (κ1) is 20.2. The summed E-state index contributed by atoms with van der Waals surface area (Å²) in [6.07, 6.45) is 1.57. The minimum atomic E-state index is -3.81. The summed E-state index contributed by atoms with van der Waals surface area (Å²) in [4.78, 5) is 23.8. The van der Waals surface area contributed by atoms with Crippen LogP contribution in [0.25, 0.3) is 0 Å². The van der Waals surface area contributed by atoms with Crippen LogP contribution >= 0.6 is 0 Å². The van der Waals surface area contributed by atoms with Crippen LogP contribution in [0.1, 0.15) is 44.0 Å². The quantitative estimate of drug-likeness (QED) is 0.684. The number of rotatable bonds is 7. The molecule has 1 amide bonds. The summed E-state index contributed by atoms with van der Waals surface area (Å²) >= 11 is 0. The third-order valence-corrected chi connectivity index (χ3v) is 4.98. The molecule has 1 saturated carbocycles. The Labute approximate surface area is 153 Å². The maximum Gasteiger partial charge on any atom is 0.338 e. The normalized spacial score (nSPS) is 14.6. The van der Waals surface area contributed by atoms with Crippen LogP contribution in [0.2, 0.25) is 0 Å². The van der Waals surface area contributed by atoms with Gasteiger partial charge in [0, 0.05) is 11.6 Å². The van der Waals surface area contributed by atoms with Crippen molar-refractivity contribution in [3.8, 4) is 5.75 Å². The van der Waals surface area contributed by atoms with Gasteiger partial charge in [0.1, 0.15) is 10.6 Å². The van der Waals surface area contributed by atoms with Gasteiger partial charge in [-0.2, -0.15) is 0 Å². The Morgan fingerprint density at radius 1 is 1.23 bits per heavy atom. The van der Waals surface area contributed by atoms with Gasteiger partial charge in [-0.05, 0) is 51.8 Å². The lowest BCUT2D eigenvalue weighted by Gasteiger charge is -2.20. The van der Waals surface area contributed by atoms with Gasteiger partial charge in [0.2, 0.25) is 10.0 Å². The Morgan fingerprint density at radius 2 is 1.88 bits per heavy atom. The number of sulfonamides is 1. The topological polar surface area (TPSA) is 111 Å². The molecular weight excluding hydrogens is 360 g/mol. The molecule has 0 saturated heterocycles. The standard InChI is InChI=1S/C17H24N2O6S/c1-17(2,3)18-15(20)10-25-16(21)11-5-8-13(24-4)14(9-11)26(22,23)19-12-6-7-12/h5,8-9,12,19H,6-7,10H2,1-4H3,(H,18,20). The molecule has 1 aromatic carbocycles. The first-order valence-corrected chi connectivity index (χ1v) is 9.68. The molecule has 0 unspecified atom stereocenters. The van der Waals surface area contributed by atoms with Gasteiger partial charge in [0.15, 0.2) is 6.61 Å². The van der Waals surface area contributed by atoms with Crippen molar-refractivity contribution in [1.82, 2.24) is 10.0 Å². The fourth-order valence-corrected chi connectivity index (χ4v) is 3.67. The number of nitrogens with one attached hydrogen (secondary N) is 2. The Kier molecular flexibility index (Phi) is 5.92. The number of ether oxygens (including phenoxy) is 2. The van der Waals surface area contributed by atoms with Crippen LogP contribution in [0.15, 0.2) is 23.1 Å². The summed E-state index contributed by atoms with van der Waals surface area (Å²) < 4.78 is 37.5. The number of amides is 1. The van der Waals surface area contributed by atoms with Gasteiger partial charge < -0.3 is 14.8 Å². The largest absolute Gasteiger partial charge is 0.495 e. The Morgan fingerprint density at radius 3 is 2.42 bits per heavy atom. The minimum absolute atomic E-state index is 0.0190. The van der Waals surface area contributed by atoms with Crippen LogP contribution in [-0.2, 0) is 19.6 Å². The van der Waals surface area contributed by atoms with Crippen molar-refractivity contribution in [3.05, 3.63) is 23.8 Å². The van der Waals surface area contributed by atoms with Crippen LogP contribution in [0.4, 0.5) is 0 Å². The van der Waals surface area contributed by atoms with Gasteiger partial charge >= 0.3 is 5.97 Å². The molecule has 8 nitrogen and oxygen atoms in total. The Balaban J connectivity index is 2.13. The van der Waals surface area contributed by atoms with Crippen molar-refractivity contribution < 1.29 is 27.5 Å². The monoisotopic (exact) mass is 384 g/mol. The van der Waals surface area contributed by atoms with E-state index < -0.39 is 34.0 Å². The molecule has 0 heterocycles. The molecule has 1 fully saturated rings. The van der Waals surface area contributed by atoms with Crippen molar-refractivity contribution in [3.63, 3.8) is 0 Å². The van der Waals surface area contributed by atoms with Gasteiger partial charge in [-0.1, -0.05) is 0 Å². The van der Waals surface area contributed by atoms with Gasteiger partial charge in [0.05, 0.1) is 12.7 Å². The number of esters is 1.